The first-order chi connectivity index (χ1) is 18.8. The van der Waals surface area contributed by atoms with Crippen LogP contribution in [0, 0.1) is 0 Å². The molecule has 0 amide bonds. The number of phenols is 2. The van der Waals surface area contributed by atoms with Crippen molar-refractivity contribution >= 4 is 46.4 Å². The zero-order chi connectivity index (χ0) is 28.1. The third-order valence-corrected chi connectivity index (χ3v) is 7.12. The van der Waals surface area contributed by atoms with E-state index in [1.165, 1.54) is 25.1 Å². The first-order valence-electron chi connectivity index (χ1n) is 12.7. The van der Waals surface area contributed by atoms with Gasteiger partial charge >= 0.3 is 5.97 Å². The van der Waals surface area contributed by atoms with Gasteiger partial charge in [-0.25, -0.2) is 0 Å². The fourth-order valence-electron chi connectivity index (χ4n) is 4.79. The SMILES string of the molecule is CC(OC(=O)CCCc1ccc(N(CCCl)CCCl)cc1)c1cc(O)c2c(c1O)C(=O)c1ccccc1C2=O. The first kappa shape index (κ1) is 28.5. The minimum absolute atomic E-state index is 0.0502. The number of hydrogen-bond donors (Lipinski definition) is 2. The van der Waals surface area contributed by atoms with Crippen molar-refractivity contribution in [3.63, 3.8) is 0 Å². The summed E-state index contributed by atoms with van der Waals surface area (Å²) in [4.78, 5) is 40.6. The van der Waals surface area contributed by atoms with Gasteiger partial charge < -0.3 is 19.8 Å². The van der Waals surface area contributed by atoms with E-state index in [9.17, 15) is 24.6 Å². The van der Waals surface area contributed by atoms with Gasteiger partial charge in [0.15, 0.2) is 11.6 Å². The number of aryl methyl sites for hydroxylation is 1. The molecule has 0 saturated carbocycles. The predicted octanol–water partition coefficient (Wildman–Crippen LogP) is 5.78. The zero-order valence-electron chi connectivity index (χ0n) is 21.5. The Kier molecular flexibility index (Phi) is 9.15. The number of phenolic OH excluding ortho intramolecular Hbond substituents is 2. The summed E-state index contributed by atoms with van der Waals surface area (Å²) < 4.78 is 5.50. The van der Waals surface area contributed by atoms with Gasteiger partial charge in [0.05, 0.1) is 11.1 Å². The van der Waals surface area contributed by atoms with Gasteiger partial charge in [-0.3, -0.25) is 14.4 Å². The van der Waals surface area contributed by atoms with Crippen LogP contribution in [0.4, 0.5) is 5.69 Å². The van der Waals surface area contributed by atoms with E-state index in [0.717, 1.165) is 11.3 Å². The van der Waals surface area contributed by atoms with Gasteiger partial charge in [0.1, 0.15) is 17.6 Å². The van der Waals surface area contributed by atoms with Gasteiger partial charge in [-0.15, -0.1) is 23.2 Å². The molecule has 3 aromatic rings. The van der Waals surface area contributed by atoms with Crippen LogP contribution in [0.15, 0.2) is 54.6 Å². The summed E-state index contributed by atoms with van der Waals surface area (Å²) in [7, 11) is 0. The van der Waals surface area contributed by atoms with Crippen molar-refractivity contribution in [1.82, 2.24) is 0 Å². The van der Waals surface area contributed by atoms with Crippen molar-refractivity contribution in [2.24, 2.45) is 0 Å². The number of carbonyl (C=O) groups is 3. The molecule has 39 heavy (non-hydrogen) atoms. The topological polar surface area (TPSA) is 104 Å². The van der Waals surface area contributed by atoms with Gasteiger partial charge in [-0.05, 0) is 43.5 Å². The molecular weight excluding hydrogens is 541 g/mol. The van der Waals surface area contributed by atoms with E-state index >= 15 is 0 Å². The summed E-state index contributed by atoms with van der Waals surface area (Å²) in [5, 5.41) is 21.5. The number of fused-ring (bicyclic) bond motifs is 2. The minimum atomic E-state index is -0.956. The average Bonchev–Trinajstić information content (AvgIpc) is 2.93. The second-order valence-corrected chi connectivity index (χ2v) is 10.1. The molecule has 9 heteroatoms. The van der Waals surface area contributed by atoms with Crippen molar-refractivity contribution in [2.45, 2.75) is 32.3 Å². The number of ether oxygens (including phenoxy) is 1. The molecule has 2 N–H and O–H groups in total. The molecular formula is C30H29Cl2NO6. The lowest BCUT2D eigenvalue weighted by molar-refractivity contribution is -0.148. The molecule has 3 aromatic carbocycles. The van der Waals surface area contributed by atoms with Crippen LogP contribution in [-0.2, 0) is 16.0 Å². The molecule has 1 atom stereocenters. The maximum absolute atomic E-state index is 13.1. The van der Waals surface area contributed by atoms with E-state index in [0.29, 0.717) is 37.7 Å². The van der Waals surface area contributed by atoms with Crippen molar-refractivity contribution in [2.75, 3.05) is 29.7 Å². The molecule has 1 aliphatic carbocycles. The Morgan fingerprint density at radius 1 is 0.923 bits per heavy atom. The molecule has 204 valence electrons. The molecule has 1 aliphatic rings. The second-order valence-electron chi connectivity index (χ2n) is 9.30. The summed E-state index contributed by atoms with van der Waals surface area (Å²) in [5.74, 6) is -1.54. The van der Waals surface area contributed by atoms with E-state index < -0.39 is 35.1 Å². The number of halogens is 2. The van der Waals surface area contributed by atoms with Crippen molar-refractivity contribution < 1.29 is 29.3 Å². The second kappa shape index (κ2) is 12.5. The molecule has 1 unspecified atom stereocenters. The molecule has 0 aromatic heterocycles. The molecule has 0 bridgehead atoms. The third kappa shape index (κ3) is 6.05. The van der Waals surface area contributed by atoms with Crippen LogP contribution in [0.5, 0.6) is 11.5 Å². The number of hydrogen-bond acceptors (Lipinski definition) is 7. The Morgan fingerprint density at radius 3 is 2.10 bits per heavy atom. The fourth-order valence-corrected chi connectivity index (χ4v) is 5.20. The van der Waals surface area contributed by atoms with Gasteiger partial charge in [-0.2, -0.15) is 0 Å². The maximum atomic E-state index is 13.1. The monoisotopic (exact) mass is 569 g/mol. The maximum Gasteiger partial charge on any atom is 0.306 e. The van der Waals surface area contributed by atoms with Gasteiger partial charge in [0, 0.05) is 53.6 Å². The molecule has 0 heterocycles. The molecule has 7 nitrogen and oxygen atoms in total. The summed E-state index contributed by atoms with van der Waals surface area (Å²) in [6.45, 7) is 2.94. The quantitative estimate of drug-likeness (QED) is 0.134. The molecule has 0 fully saturated rings. The molecule has 4 rings (SSSR count). The van der Waals surface area contributed by atoms with Crippen LogP contribution >= 0.6 is 23.2 Å². The van der Waals surface area contributed by atoms with E-state index in [1.54, 1.807) is 12.1 Å². The smallest absolute Gasteiger partial charge is 0.306 e. The summed E-state index contributed by atoms with van der Waals surface area (Å²) in [6.07, 6.45) is 0.390. The molecule has 0 saturated heterocycles. The lowest BCUT2D eigenvalue weighted by Crippen LogP contribution is -2.27. The number of ketones is 2. The van der Waals surface area contributed by atoms with Crippen molar-refractivity contribution in [3.05, 3.63) is 88.0 Å². The van der Waals surface area contributed by atoms with E-state index in [4.69, 9.17) is 27.9 Å². The third-order valence-electron chi connectivity index (χ3n) is 6.78. The van der Waals surface area contributed by atoms with Crippen LogP contribution < -0.4 is 4.90 Å². The predicted molar refractivity (Wildman–Crippen MR) is 151 cm³/mol. The fraction of sp³-hybridized carbons (Fsp3) is 0.300. The number of benzene rings is 3. The number of nitrogens with zero attached hydrogens (tertiary/aromatic N) is 1. The van der Waals surface area contributed by atoms with E-state index in [-0.39, 0.29) is 34.2 Å². The van der Waals surface area contributed by atoms with Crippen molar-refractivity contribution in [1.29, 1.82) is 0 Å². The normalized spacial score (nSPS) is 13.0. The Bertz CT molecular complexity index is 1380. The standard InChI is InChI=1S/C30H29Cl2NO6/c1-18(39-25(35)8-4-5-19-9-11-20(12-10-19)33(15-13-31)16-14-32)23-17-24(34)26-27(30(23)38)29(37)22-7-3-2-6-21(22)28(26)36/h2-3,6-7,9-12,17-18,34,38H,4-5,8,13-16H2,1H3. The molecule has 0 radical (unpaired) electrons. The Morgan fingerprint density at radius 2 is 1.51 bits per heavy atom. The van der Waals surface area contributed by atoms with Gasteiger partial charge in [-0.1, -0.05) is 36.4 Å². The lowest BCUT2D eigenvalue weighted by atomic mass is 9.81. The van der Waals surface area contributed by atoms with E-state index in [1.807, 2.05) is 24.3 Å². The number of carbonyl (C=O) groups excluding carboxylic acids is 3. The van der Waals surface area contributed by atoms with Gasteiger partial charge in [0.2, 0.25) is 0 Å². The largest absolute Gasteiger partial charge is 0.507 e. The Labute approximate surface area is 236 Å². The highest BCUT2D eigenvalue weighted by molar-refractivity contribution is 6.30. The first-order valence-corrected chi connectivity index (χ1v) is 13.8. The van der Waals surface area contributed by atoms with Crippen molar-refractivity contribution in [3.8, 4) is 11.5 Å². The molecule has 0 spiro atoms. The van der Waals surface area contributed by atoms with Crippen LogP contribution in [0.3, 0.4) is 0 Å². The molecule has 0 aliphatic heterocycles. The number of alkyl halides is 2. The van der Waals surface area contributed by atoms with Crippen LogP contribution in [0.25, 0.3) is 0 Å². The highest BCUT2D eigenvalue weighted by Crippen LogP contribution is 2.42. The highest BCUT2D eigenvalue weighted by Gasteiger charge is 2.36. The van der Waals surface area contributed by atoms with Gasteiger partial charge in [0.25, 0.3) is 0 Å². The summed E-state index contributed by atoms with van der Waals surface area (Å²) in [5.41, 5.74) is 1.92. The Balaban J connectivity index is 1.39. The van der Waals surface area contributed by atoms with Crippen LogP contribution in [0.2, 0.25) is 0 Å². The Hall–Kier alpha value is -3.55. The van der Waals surface area contributed by atoms with Crippen LogP contribution in [-0.4, -0.2) is 52.6 Å². The average molecular weight is 570 g/mol. The number of aromatic hydroxyl groups is 2. The minimum Gasteiger partial charge on any atom is -0.507 e. The lowest BCUT2D eigenvalue weighted by Gasteiger charge is -2.23. The zero-order valence-corrected chi connectivity index (χ0v) is 23.0. The summed E-state index contributed by atoms with van der Waals surface area (Å²) in [6, 6.07) is 15.4. The van der Waals surface area contributed by atoms with E-state index in [2.05, 4.69) is 4.90 Å². The summed E-state index contributed by atoms with van der Waals surface area (Å²) >= 11 is 11.8. The van der Waals surface area contributed by atoms with Crippen LogP contribution in [0.1, 0.15) is 68.8 Å². The number of esters is 1. The highest BCUT2D eigenvalue weighted by atomic mass is 35.5. The number of rotatable bonds is 11. The number of anilines is 1.